The highest BCUT2D eigenvalue weighted by molar-refractivity contribution is 5.93. The van der Waals surface area contributed by atoms with E-state index in [-0.39, 0.29) is 64.7 Å². The van der Waals surface area contributed by atoms with Crippen LogP contribution in [-0.4, -0.2) is 49.0 Å². The molecule has 45 heavy (non-hydrogen) atoms. The summed E-state index contributed by atoms with van der Waals surface area (Å²) in [5.41, 5.74) is -0.494. The molecule has 1 aliphatic heterocycles. The number of hydrogen-bond donors (Lipinski definition) is 1. The van der Waals surface area contributed by atoms with Crippen molar-refractivity contribution < 1.29 is 33.4 Å². The van der Waals surface area contributed by atoms with Gasteiger partial charge in [0.15, 0.2) is 6.61 Å². The number of nitrogens with one attached hydrogen (secondary N) is 1. The number of ether oxygens (including phenoxy) is 2. The van der Waals surface area contributed by atoms with Gasteiger partial charge in [-0.1, -0.05) is 51.1 Å². The first-order valence-corrected chi connectivity index (χ1v) is 17.2. The van der Waals surface area contributed by atoms with Gasteiger partial charge in [-0.3, -0.25) is 19.2 Å². The van der Waals surface area contributed by atoms with Crippen LogP contribution in [0.5, 0.6) is 0 Å². The van der Waals surface area contributed by atoms with Crippen LogP contribution in [0, 0.1) is 46.3 Å². The quantitative estimate of drug-likeness (QED) is 0.387. The van der Waals surface area contributed by atoms with E-state index >= 15 is 0 Å². The zero-order valence-corrected chi connectivity index (χ0v) is 27.1. The lowest BCUT2D eigenvalue weighted by Gasteiger charge is -2.58. The van der Waals surface area contributed by atoms with E-state index in [4.69, 9.17) is 9.47 Å². The monoisotopic (exact) mass is 619 g/mol. The Morgan fingerprint density at radius 3 is 2.40 bits per heavy atom. The Morgan fingerprint density at radius 2 is 1.67 bits per heavy atom. The number of hydrogen-bond acceptors (Lipinski definition) is 8. The summed E-state index contributed by atoms with van der Waals surface area (Å²) in [6.45, 7) is 7.46. The Kier molecular flexibility index (Phi) is 8.83. The molecule has 0 radical (unpaired) electrons. The van der Waals surface area contributed by atoms with Crippen LogP contribution in [0.15, 0.2) is 30.3 Å². The van der Waals surface area contributed by atoms with Crippen LogP contribution in [0.2, 0.25) is 0 Å². The first-order valence-electron chi connectivity index (χ1n) is 17.2. The molecule has 0 spiro atoms. The third-order valence-corrected chi connectivity index (χ3v) is 13.1. The fourth-order valence-electron chi connectivity index (χ4n) is 10.4. The fraction of sp³-hybridized carbons (Fsp3) is 0.703. The maximum absolute atomic E-state index is 14.0. The molecule has 8 atom stereocenters. The van der Waals surface area contributed by atoms with Gasteiger partial charge in [0.05, 0.1) is 0 Å². The maximum Gasteiger partial charge on any atom is 0.345 e. The lowest BCUT2D eigenvalue weighted by Crippen LogP contribution is -2.60. The van der Waals surface area contributed by atoms with Gasteiger partial charge in [-0.2, -0.15) is 0 Å². The summed E-state index contributed by atoms with van der Waals surface area (Å²) in [5.74, 6) is -0.0675. The molecule has 5 fully saturated rings. The molecular formula is C37H49NO7. The van der Waals surface area contributed by atoms with Crippen molar-refractivity contribution in [3.63, 3.8) is 0 Å². The van der Waals surface area contributed by atoms with Crippen molar-refractivity contribution in [1.82, 2.24) is 5.32 Å². The minimum absolute atomic E-state index is 0.0211. The molecule has 1 saturated heterocycles. The molecule has 0 bridgehead atoms. The van der Waals surface area contributed by atoms with Gasteiger partial charge in [0.25, 0.3) is 0 Å². The summed E-state index contributed by atoms with van der Waals surface area (Å²) in [7, 11) is 0. The van der Waals surface area contributed by atoms with Gasteiger partial charge in [0, 0.05) is 56.3 Å². The summed E-state index contributed by atoms with van der Waals surface area (Å²) < 4.78 is 11.3. The molecule has 5 aliphatic rings. The average molecular weight is 620 g/mol. The van der Waals surface area contributed by atoms with Crippen LogP contribution >= 0.6 is 0 Å². The highest BCUT2D eigenvalue weighted by Crippen LogP contribution is 2.66. The highest BCUT2D eigenvalue weighted by atomic mass is 16.6. The largest absolute Gasteiger partial charge is 0.454 e. The number of carbonyl (C=O) groups is 5. The molecule has 1 N–H and O–H groups in total. The molecular weight excluding hydrogens is 570 g/mol. The van der Waals surface area contributed by atoms with Crippen molar-refractivity contribution in [1.29, 1.82) is 0 Å². The molecule has 1 heterocycles. The topological polar surface area (TPSA) is 116 Å². The molecule has 0 unspecified atom stereocenters. The number of fused-ring (bicyclic) bond motifs is 5. The smallest absolute Gasteiger partial charge is 0.345 e. The Morgan fingerprint density at radius 1 is 0.933 bits per heavy atom. The van der Waals surface area contributed by atoms with Crippen LogP contribution in [0.4, 0.5) is 0 Å². The summed E-state index contributed by atoms with van der Waals surface area (Å²) in [5, 5.41) is 3.31. The summed E-state index contributed by atoms with van der Waals surface area (Å²) in [4.78, 5) is 65.5. The van der Waals surface area contributed by atoms with E-state index in [1.165, 1.54) is 0 Å². The lowest BCUT2D eigenvalue weighted by molar-refractivity contribution is -0.174. The Bertz CT molecular complexity index is 1340. The van der Waals surface area contributed by atoms with Gasteiger partial charge in [-0.05, 0) is 79.3 Å². The second kappa shape index (κ2) is 12.4. The molecule has 8 heteroatoms. The third kappa shape index (κ3) is 5.70. The van der Waals surface area contributed by atoms with E-state index in [9.17, 15) is 24.0 Å². The zero-order valence-electron chi connectivity index (χ0n) is 27.1. The third-order valence-electron chi connectivity index (χ3n) is 13.1. The van der Waals surface area contributed by atoms with E-state index in [1.54, 1.807) is 0 Å². The Hall–Kier alpha value is -2.87. The predicted molar refractivity (Wildman–Crippen MR) is 167 cm³/mol. The number of esters is 2. The van der Waals surface area contributed by atoms with Crippen LogP contribution in [0.3, 0.4) is 0 Å². The van der Waals surface area contributed by atoms with Gasteiger partial charge in [-0.15, -0.1) is 0 Å². The van der Waals surface area contributed by atoms with Crippen molar-refractivity contribution in [3.8, 4) is 0 Å². The van der Waals surface area contributed by atoms with Crippen molar-refractivity contribution in [3.05, 3.63) is 35.9 Å². The van der Waals surface area contributed by atoms with Gasteiger partial charge in [-0.25, -0.2) is 4.79 Å². The standard InChI is InChI=1S/C37H49NO7/c1-23(9-12-32(42)44-22-33(43)45-37(15-17-38-18-16-37)24-7-5-4-6-8-24)27-10-11-28-34-29(21-31(41)36(27,28)3)35(2)14-13-26(39)19-25(35)20-30(34)40/h4-8,23,25,27-29,34,38H,9-22H2,1-3H3/t23-,25+,27-,28+,29+,34+,35+,36-/m1/s1. The average Bonchev–Trinajstić information content (AvgIpc) is 3.39. The summed E-state index contributed by atoms with van der Waals surface area (Å²) in [6.07, 6.45) is 6.41. The Balaban J connectivity index is 1.04. The van der Waals surface area contributed by atoms with Crippen LogP contribution < -0.4 is 5.32 Å². The minimum atomic E-state index is -0.725. The number of ketones is 3. The normalized spacial score (nSPS) is 36.3. The lowest BCUT2D eigenvalue weighted by atomic mass is 9.44. The van der Waals surface area contributed by atoms with Crippen molar-refractivity contribution >= 4 is 29.3 Å². The van der Waals surface area contributed by atoms with Crippen LogP contribution in [0.1, 0.15) is 97.0 Å². The van der Waals surface area contributed by atoms with Crippen molar-refractivity contribution in [2.24, 2.45) is 46.3 Å². The first-order chi connectivity index (χ1) is 21.5. The first kappa shape index (κ1) is 32.1. The van der Waals surface area contributed by atoms with Crippen molar-refractivity contribution in [2.75, 3.05) is 19.7 Å². The molecule has 244 valence electrons. The van der Waals surface area contributed by atoms with Gasteiger partial charge in [0.1, 0.15) is 23.0 Å². The molecule has 0 aromatic heterocycles. The summed E-state index contributed by atoms with van der Waals surface area (Å²) >= 11 is 0. The number of carbonyl (C=O) groups excluding carboxylic acids is 5. The van der Waals surface area contributed by atoms with E-state index in [0.29, 0.717) is 44.9 Å². The molecule has 1 aromatic carbocycles. The SMILES string of the molecule is C[C@H](CCC(=O)OCC(=O)OC1(c2ccccc2)CCNCC1)[C@H]1CC[C@H]2[C@@H]3C(=O)C[C@@H]4CC(=O)CC[C@]4(C)[C@H]3CC(=O)[C@]12C. The van der Waals surface area contributed by atoms with E-state index in [1.807, 2.05) is 30.3 Å². The maximum atomic E-state index is 14.0. The highest BCUT2D eigenvalue weighted by Gasteiger charge is 2.66. The molecule has 1 aromatic rings. The number of Topliss-reactive ketones (excluding diaryl/α,β-unsaturated/α-hetero) is 3. The van der Waals surface area contributed by atoms with E-state index in [2.05, 4.69) is 26.1 Å². The van der Waals surface area contributed by atoms with E-state index in [0.717, 1.165) is 37.9 Å². The van der Waals surface area contributed by atoms with Gasteiger partial charge in [0.2, 0.25) is 0 Å². The Labute approximate surface area is 266 Å². The van der Waals surface area contributed by atoms with Crippen molar-refractivity contribution in [2.45, 2.75) is 97.0 Å². The summed E-state index contributed by atoms with van der Waals surface area (Å²) in [6, 6.07) is 9.74. The second-order valence-corrected chi connectivity index (χ2v) is 15.2. The van der Waals surface area contributed by atoms with Crippen LogP contribution in [0.25, 0.3) is 0 Å². The van der Waals surface area contributed by atoms with Crippen LogP contribution in [-0.2, 0) is 39.0 Å². The molecule has 0 amide bonds. The molecule has 6 rings (SSSR count). The predicted octanol–water partition coefficient (Wildman–Crippen LogP) is 5.35. The van der Waals surface area contributed by atoms with E-state index < -0.39 is 29.6 Å². The molecule has 8 nitrogen and oxygen atoms in total. The number of rotatable bonds is 8. The van der Waals surface area contributed by atoms with Gasteiger partial charge >= 0.3 is 11.9 Å². The number of benzene rings is 1. The zero-order chi connectivity index (χ0) is 32.0. The fourth-order valence-corrected chi connectivity index (χ4v) is 10.4. The number of piperidine rings is 1. The minimum Gasteiger partial charge on any atom is -0.454 e. The molecule has 4 aliphatic carbocycles. The second-order valence-electron chi connectivity index (χ2n) is 15.2. The molecule has 4 saturated carbocycles. The van der Waals surface area contributed by atoms with Gasteiger partial charge < -0.3 is 14.8 Å².